The van der Waals surface area contributed by atoms with Crippen LogP contribution >= 0.6 is 0 Å². The van der Waals surface area contributed by atoms with Gasteiger partial charge in [-0.25, -0.2) is 0 Å². The van der Waals surface area contributed by atoms with Crippen LogP contribution < -0.4 is 4.90 Å². The molecule has 0 aliphatic heterocycles. The van der Waals surface area contributed by atoms with Crippen molar-refractivity contribution >= 4 is 11.4 Å². The number of benzene rings is 2. The minimum Gasteiger partial charge on any atom is -0.338 e. The van der Waals surface area contributed by atoms with Gasteiger partial charge in [-0.15, -0.1) is 0 Å². The maximum atomic E-state index is 2.69. The molecule has 0 heterocycles. The Morgan fingerprint density at radius 1 is 0.667 bits per heavy atom. The van der Waals surface area contributed by atoms with Gasteiger partial charge in [-0.1, -0.05) is 35.9 Å². The van der Waals surface area contributed by atoms with Crippen LogP contribution in [0.25, 0.3) is 0 Å². The summed E-state index contributed by atoms with van der Waals surface area (Å²) >= 11 is 0. The lowest BCUT2D eigenvalue weighted by atomic mass is 9.53. The molecule has 1 heteroatoms. The Labute approximate surface area is 145 Å². The second-order valence-electron chi connectivity index (χ2n) is 8.46. The van der Waals surface area contributed by atoms with Gasteiger partial charge >= 0.3 is 0 Å². The lowest BCUT2D eigenvalue weighted by molar-refractivity contribution is 0.000530. The second kappa shape index (κ2) is 5.65. The first-order valence-corrected chi connectivity index (χ1v) is 9.69. The van der Waals surface area contributed by atoms with E-state index in [1.165, 1.54) is 49.0 Å². The summed E-state index contributed by atoms with van der Waals surface area (Å²) in [5, 5.41) is 0. The first kappa shape index (κ1) is 14.6. The number of hydrogen-bond acceptors (Lipinski definition) is 1. The minimum absolute atomic E-state index is 0.697. The third kappa shape index (κ3) is 2.37. The molecule has 0 N–H and O–H groups in total. The summed E-state index contributed by atoms with van der Waals surface area (Å²) in [6, 6.07) is 21.0. The number of para-hydroxylation sites is 1. The van der Waals surface area contributed by atoms with Gasteiger partial charge in [0.1, 0.15) is 0 Å². The average molecular weight is 317 g/mol. The fraction of sp³-hybridized carbons (Fsp3) is 0.478. The summed E-state index contributed by atoms with van der Waals surface area (Å²) < 4.78 is 0. The van der Waals surface area contributed by atoms with Gasteiger partial charge in [-0.3, -0.25) is 0 Å². The van der Waals surface area contributed by atoms with Crippen molar-refractivity contribution in [3.05, 3.63) is 60.2 Å². The topological polar surface area (TPSA) is 3.24 Å². The molecule has 0 radical (unpaired) electrons. The van der Waals surface area contributed by atoms with Crippen molar-refractivity contribution in [2.24, 2.45) is 23.7 Å². The van der Waals surface area contributed by atoms with E-state index in [9.17, 15) is 0 Å². The van der Waals surface area contributed by atoms with Crippen LogP contribution in [0.15, 0.2) is 54.6 Å². The smallest absolute Gasteiger partial charge is 0.0413 e. The molecule has 0 unspecified atom stereocenters. The maximum absolute atomic E-state index is 2.69. The van der Waals surface area contributed by atoms with Gasteiger partial charge < -0.3 is 4.90 Å². The Hall–Kier alpha value is -1.76. The molecule has 6 rings (SSSR count). The fourth-order valence-corrected chi connectivity index (χ4v) is 6.11. The van der Waals surface area contributed by atoms with E-state index < -0.39 is 0 Å². The highest BCUT2D eigenvalue weighted by molar-refractivity contribution is 5.65. The molecule has 4 saturated carbocycles. The Bertz CT molecular complexity index is 675. The Kier molecular flexibility index (Phi) is 3.43. The van der Waals surface area contributed by atoms with Crippen LogP contribution in [0.3, 0.4) is 0 Å². The van der Waals surface area contributed by atoms with Gasteiger partial charge in [0.25, 0.3) is 0 Å². The summed E-state index contributed by atoms with van der Waals surface area (Å²) in [6.07, 6.45) is 7.38. The highest BCUT2D eigenvalue weighted by Crippen LogP contribution is 2.56. The van der Waals surface area contributed by atoms with Crippen molar-refractivity contribution in [2.45, 2.75) is 45.1 Å². The van der Waals surface area contributed by atoms with Crippen LogP contribution in [0, 0.1) is 30.6 Å². The molecule has 0 amide bonds. The summed E-state index contributed by atoms with van der Waals surface area (Å²) in [5.41, 5.74) is 4.10. The molecule has 1 nitrogen and oxygen atoms in total. The monoisotopic (exact) mass is 317 g/mol. The normalized spacial score (nSPS) is 33.6. The predicted octanol–water partition coefficient (Wildman–Crippen LogP) is 5.96. The summed E-state index contributed by atoms with van der Waals surface area (Å²) in [4.78, 5) is 2.69. The van der Waals surface area contributed by atoms with E-state index in [0.29, 0.717) is 6.04 Å². The molecule has 2 aromatic rings. The molecule has 0 aromatic heterocycles. The van der Waals surface area contributed by atoms with E-state index in [2.05, 4.69) is 66.4 Å². The molecule has 24 heavy (non-hydrogen) atoms. The van der Waals surface area contributed by atoms with Crippen LogP contribution in [0.4, 0.5) is 11.4 Å². The zero-order valence-electron chi connectivity index (χ0n) is 14.6. The molecule has 2 aromatic carbocycles. The van der Waals surface area contributed by atoms with Crippen LogP contribution in [0.1, 0.15) is 37.7 Å². The van der Waals surface area contributed by atoms with Crippen molar-refractivity contribution in [3.63, 3.8) is 0 Å². The Morgan fingerprint density at radius 3 is 1.79 bits per heavy atom. The fourth-order valence-electron chi connectivity index (χ4n) is 6.11. The first-order chi connectivity index (χ1) is 11.8. The maximum Gasteiger partial charge on any atom is 0.0413 e. The van der Waals surface area contributed by atoms with Gasteiger partial charge in [0.05, 0.1) is 0 Å². The van der Waals surface area contributed by atoms with Gasteiger partial charge in [0, 0.05) is 17.4 Å². The minimum atomic E-state index is 0.697. The van der Waals surface area contributed by atoms with E-state index in [1.54, 1.807) is 0 Å². The van der Waals surface area contributed by atoms with E-state index in [0.717, 1.165) is 23.7 Å². The van der Waals surface area contributed by atoms with Gasteiger partial charge in [-0.05, 0) is 87.0 Å². The largest absolute Gasteiger partial charge is 0.338 e. The number of aryl methyl sites for hydroxylation is 1. The molecule has 4 aliphatic rings. The van der Waals surface area contributed by atoms with E-state index in [-0.39, 0.29) is 0 Å². The molecule has 124 valence electrons. The molecule has 0 atom stereocenters. The Balaban J connectivity index is 1.57. The van der Waals surface area contributed by atoms with E-state index in [4.69, 9.17) is 0 Å². The molecular weight excluding hydrogens is 290 g/mol. The van der Waals surface area contributed by atoms with Crippen molar-refractivity contribution in [1.82, 2.24) is 0 Å². The summed E-state index contributed by atoms with van der Waals surface area (Å²) in [5.74, 6) is 3.84. The average Bonchev–Trinajstić information content (AvgIpc) is 2.59. The first-order valence-electron chi connectivity index (χ1n) is 9.69. The van der Waals surface area contributed by atoms with E-state index >= 15 is 0 Å². The van der Waals surface area contributed by atoms with Gasteiger partial charge in [0.2, 0.25) is 0 Å². The molecule has 0 saturated heterocycles. The number of hydrogen-bond donors (Lipinski definition) is 0. The molecule has 0 spiro atoms. The zero-order valence-corrected chi connectivity index (χ0v) is 14.6. The van der Waals surface area contributed by atoms with Crippen molar-refractivity contribution in [2.75, 3.05) is 4.90 Å². The standard InChI is InChI=1S/C23H27N/c1-16-7-9-22(10-8-16)24(21-5-3-2-4-6-21)23-19-12-17-11-18(14-19)15-20(23)13-17/h2-10,17-20,23H,11-15H2,1H3. The molecule has 4 aliphatic carbocycles. The van der Waals surface area contributed by atoms with Gasteiger partial charge in [-0.2, -0.15) is 0 Å². The van der Waals surface area contributed by atoms with Crippen LogP contribution in [0.2, 0.25) is 0 Å². The molecular formula is C23H27N. The zero-order chi connectivity index (χ0) is 16.1. The lowest BCUT2D eigenvalue weighted by Gasteiger charge is -2.57. The van der Waals surface area contributed by atoms with E-state index in [1.807, 2.05) is 0 Å². The third-order valence-electron chi connectivity index (χ3n) is 6.82. The number of anilines is 2. The van der Waals surface area contributed by atoms with Crippen LogP contribution in [-0.2, 0) is 0 Å². The quantitative estimate of drug-likeness (QED) is 0.675. The predicted molar refractivity (Wildman–Crippen MR) is 101 cm³/mol. The van der Waals surface area contributed by atoms with Crippen molar-refractivity contribution in [1.29, 1.82) is 0 Å². The molecule has 4 bridgehead atoms. The van der Waals surface area contributed by atoms with Crippen molar-refractivity contribution in [3.8, 4) is 0 Å². The summed E-state index contributed by atoms with van der Waals surface area (Å²) in [7, 11) is 0. The van der Waals surface area contributed by atoms with Crippen LogP contribution in [-0.4, -0.2) is 6.04 Å². The third-order valence-corrected chi connectivity index (χ3v) is 6.82. The Morgan fingerprint density at radius 2 is 1.21 bits per heavy atom. The molecule has 4 fully saturated rings. The summed E-state index contributed by atoms with van der Waals surface area (Å²) in [6.45, 7) is 2.18. The lowest BCUT2D eigenvalue weighted by Crippen LogP contribution is -2.54. The second-order valence-corrected chi connectivity index (χ2v) is 8.46. The highest BCUT2D eigenvalue weighted by atomic mass is 15.2. The number of rotatable bonds is 3. The number of nitrogens with zero attached hydrogens (tertiary/aromatic N) is 1. The van der Waals surface area contributed by atoms with Crippen LogP contribution in [0.5, 0.6) is 0 Å². The van der Waals surface area contributed by atoms with Gasteiger partial charge in [0.15, 0.2) is 0 Å². The van der Waals surface area contributed by atoms with Crippen molar-refractivity contribution < 1.29 is 0 Å². The highest BCUT2D eigenvalue weighted by Gasteiger charge is 2.50. The SMILES string of the molecule is Cc1ccc(N(c2ccccc2)C2C3CC4CC(C3)CC2C4)cc1.